The van der Waals surface area contributed by atoms with Gasteiger partial charge in [0.2, 0.25) is 5.95 Å². The Hall–Kier alpha value is -1.68. The summed E-state index contributed by atoms with van der Waals surface area (Å²) < 4.78 is 5.42. The van der Waals surface area contributed by atoms with Crippen LogP contribution in [0.25, 0.3) is 10.9 Å². The molecule has 1 aromatic carbocycles. The number of nitrogens with one attached hydrogen (secondary N) is 1. The number of nitrogens with zero attached hydrogens (tertiary/aromatic N) is 2. The average molecular weight is 257 g/mol. The van der Waals surface area contributed by atoms with Crippen LogP contribution in [0.3, 0.4) is 0 Å². The summed E-state index contributed by atoms with van der Waals surface area (Å²) in [7, 11) is 0. The molecule has 3 rings (SSSR count). The number of anilines is 1. The lowest BCUT2D eigenvalue weighted by atomic mass is 9.82. The Kier molecular flexibility index (Phi) is 3.34. The van der Waals surface area contributed by atoms with Crippen LogP contribution < -0.4 is 5.32 Å². The molecule has 1 N–H and O–H groups in total. The van der Waals surface area contributed by atoms with E-state index in [4.69, 9.17) is 4.74 Å². The Morgan fingerprint density at radius 3 is 2.89 bits per heavy atom. The molecule has 0 aliphatic carbocycles. The van der Waals surface area contributed by atoms with Crippen LogP contribution in [0.15, 0.2) is 30.5 Å². The lowest BCUT2D eigenvalue weighted by molar-refractivity contribution is 0.0299. The zero-order valence-corrected chi connectivity index (χ0v) is 11.2. The minimum absolute atomic E-state index is 0.285. The van der Waals surface area contributed by atoms with Gasteiger partial charge in [0.05, 0.1) is 5.52 Å². The van der Waals surface area contributed by atoms with Gasteiger partial charge in [0, 0.05) is 31.3 Å². The number of ether oxygens (including phenoxy) is 1. The molecule has 0 atom stereocenters. The maximum absolute atomic E-state index is 5.42. The van der Waals surface area contributed by atoms with Crippen molar-refractivity contribution in [2.75, 3.05) is 25.1 Å². The van der Waals surface area contributed by atoms with Crippen LogP contribution in [0.4, 0.5) is 5.95 Å². The van der Waals surface area contributed by atoms with E-state index >= 15 is 0 Å². The van der Waals surface area contributed by atoms with Crippen LogP contribution in [0.5, 0.6) is 0 Å². The first kappa shape index (κ1) is 12.4. The van der Waals surface area contributed by atoms with Crippen LogP contribution in [0.2, 0.25) is 0 Å². The van der Waals surface area contributed by atoms with Gasteiger partial charge < -0.3 is 10.1 Å². The standard InChI is InChI=1S/C15H19N3O/c1-15(6-8-19-9-7-15)11-17-14-16-10-12-4-2-3-5-13(12)18-14/h2-5,10H,6-9,11H2,1H3,(H,16,17,18). The molecule has 100 valence electrons. The summed E-state index contributed by atoms with van der Waals surface area (Å²) in [6.07, 6.45) is 4.05. The summed E-state index contributed by atoms with van der Waals surface area (Å²) in [5.41, 5.74) is 1.27. The molecule has 0 amide bonds. The number of hydrogen-bond donors (Lipinski definition) is 1. The van der Waals surface area contributed by atoms with Gasteiger partial charge in [0.1, 0.15) is 0 Å². The van der Waals surface area contributed by atoms with Gasteiger partial charge in [-0.1, -0.05) is 25.1 Å². The van der Waals surface area contributed by atoms with Crippen LogP contribution in [0, 0.1) is 5.41 Å². The maximum atomic E-state index is 5.42. The fourth-order valence-corrected chi connectivity index (χ4v) is 2.39. The monoisotopic (exact) mass is 257 g/mol. The largest absolute Gasteiger partial charge is 0.381 e. The van der Waals surface area contributed by atoms with Crippen LogP contribution in [0.1, 0.15) is 19.8 Å². The van der Waals surface area contributed by atoms with Gasteiger partial charge in [-0.05, 0) is 24.3 Å². The topological polar surface area (TPSA) is 47.0 Å². The van der Waals surface area contributed by atoms with Gasteiger partial charge >= 0.3 is 0 Å². The van der Waals surface area contributed by atoms with Crippen molar-refractivity contribution in [1.82, 2.24) is 9.97 Å². The molecule has 0 spiro atoms. The van der Waals surface area contributed by atoms with E-state index in [9.17, 15) is 0 Å². The Bertz CT molecular complexity index is 564. The third kappa shape index (κ3) is 2.84. The number of benzene rings is 1. The minimum atomic E-state index is 0.285. The first-order valence-corrected chi connectivity index (χ1v) is 6.79. The summed E-state index contributed by atoms with van der Waals surface area (Å²) in [5, 5.41) is 4.44. The van der Waals surface area contributed by atoms with Gasteiger partial charge in [-0.25, -0.2) is 9.97 Å². The van der Waals surface area contributed by atoms with Crippen molar-refractivity contribution in [3.63, 3.8) is 0 Å². The third-order valence-corrected chi connectivity index (χ3v) is 3.86. The highest BCUT2D eigenvalue weighted by atomic mass is 16.5. The zero-order valence-electron chi connectivity index (χ0n) is 11.2. The molecule has 4 heteroatoms. The molecule has 0 bridgehead atoms. The van der Waals surface area contributed by atoms with E-state index in [0.29, 0.717) is 5.95 Å². The van der Waals surface area contributed by atoms with Gasteiger partial charge in [-0.15, -0.1) is 0 Å². The van der Waals surface area contributed by atoms with Gasteiger partial charge in [0.15, 0.2) is 0 Å². The smallest absolute Gasteiger partial charge is 0.223 e. The van der Waals surface area contributed by atoms with Crippen molar-refractivity contribution in [2.45, 2.75) is 19.8 Å². The number of aromatic nitrogens is 2. The molecular formula is C15H19N3O. The molecule has 1 aliphatic heterocycles. The molecular weight excluding hydrogens is 238 g/mol. The van der Waals surface area contributed by atoms with E-state index in [0.717, 1.165) is 43.5 Å². The summed E-state index contributed by atoms with van der Waals surface area (Å²) >= 11 is 0. The summed E-state index contributed by atoms with van der Waals surface area (Å²) in [6.45, 7) is 4.91. The molecule has 0 radical (unpaired) electrons. The predicted molar refractivity (Wildman–Crippen MR) is 76.2 cm³/mol. The molecule has 1 aliphatic rings. The normalized spacial score (nSPS) is 18.4. The second kappa shape index (κ2) is 5.13. The Balaban J connectivity index is 1.71. The highest BCUT2D eigenvalue weighted by Crippen LogP contribution is 2.29. The SMILES string of the molecule is CC1(CNc2ncc3ccccc3n2)CCOCC1. The van der Waals surface area contributed by atoms with E-state index in [1.54, 1.807) is 0 Å². The maximum Gasteiger partial charge on any atom is 0.223 e. The molecule has 19 heavy (non-hydrogen) atoms. The van der Waals surface area contributed by atoms with Crippen molar-refractivity contribution in [3.05, 3.63) is 30.5 Å². The van der Waals surface area contributed by atoms with E-state index in [1.807, 2.05) is 30.5 Å². The number of fused-ring (bicyclic) bond motifs is 1. The van der Waals surface area contributed by atoms with E-state index in [2.05, 4.69) is 22.2 Å². The quantitative estimate of drug-likeness (QED) is 0.918. The average Bonchev–Trinajstić information content (AvgIpc) is 2.46. The lowest BCUT2D eigenvalue weighted by Gasteiger charge is -2.33. The highest BCUT2D eigenvalue weighted by molar-refractivity contribution is 5.78. The second-order valence-electron chi connectivity index (χ2n) is 5.53. The molecule has 2 aromatic rings. The molecule has 0 unspecified atom stereocenters. The van der Waals surface area contributed by atoms with Crippen molar-refractivity contribution >= 4 is 16.9 Å². The fraction of sp³-hybridized carbons (Fsp3) is 0.467. The van der Waals surface area contributed by atoms with Crippen LogP contribution in [-0.2, 0) is 4.74 Å². The minimum Gasteiger partial charge on any atom is -0.381 e. The number of hydrogen-bond acceptors (Lipinski definition) is 4. The van der Waals surface area contributed by atoms with Gasteiger partial charge in [-0.3, -0.25) is 0 Å². The molecule has 0 saturated carbocycles. The van der Waals surface area contributed by atoms with Crippen LogP contribution >= 0.6 is 0 Å². The summed E-state index contributed by atoms with van der Waals surface area (Å²) in [5.74, 6) is 0.714. The Labute approximate surface area is 113 Å². The van der Waals surface area contributed by atoms with E-state index in [-0.39, 0.29) is 5.41 Å². The van der Waals surface area contributed by atoms with E-state index < -0.39 is 0 Å². The Morgan fingerprint density at radius 2 is 2.05 bits per heavy atom. The predicted octanol–water partition coefficient (Wildman–Crippen LogP) is 2.86. The summed E-state index contributed by atoms with van der Waals surface area (Å²) in [4.78, 5) is 8.91. The van der Waals surface area contributed by atoms with Crippen molar-refractivity contribution in [2.24, 2.45) is 5.41 Å². The van der Waals surface area contributed by atoms with E-state index in [1.165, 1.54) is 0 Å². The van der Waals surface area contributed by atoms with Gasteiger partial charge in [0.25, 0.3) is 0 Å². The molecule has 1 saturated heterocycles. The molecule has 1 fully saturated rings. The van der Waals surface area contributed by atoms with Crippen molar-refractivity contribution < 1.29 is 4.74 Å². The van der Waals surface area contributed by atoms with Crippen LogP contribution in [-0.4, -0.2) is 29.7 Å². The second-order valence-corrected chi connectivity index (χ2v) is 5.53. The Morgan fingerprint density at radius 1 is 1.26 bits per heavy atom. The molecule has 1 aromatic heterocycles. The number of rotatable bonds is 3. The lowest BCUT2D eigenvalue weighted by Crippen LogP contribution is -2.33. The van der Waals surface area contributed by atoms with Gasteiger partial charge in [-0.2, -0.15) is 0 Å². The zero-order chi connectivity index (χ0) is 13.1. The highest BCUT2D eigenvalue weighted by Gasteiger charge is 2.27. The number of para-hydroxylation sites is 1. The summed E-state index contributed by atoms with van der Waals surface area (Å²) in [6, 6.07) is 8.04. The van der Waals surface area contributed by atoms with Crippen molar-refractivity contribution in [3.8, 4) is 0 Å². The first-order chi connectivity index (χ1) is 9.25. The first-order valence-electron chi connectivity index (χ1n) is 6.79. The fourth-order valence-electron chi connectivity index (χ4n) is 2.39. The third-order valence-electron chi connectivity index (χ3n) is 3.86. The molecule has 2 heterocycles. The molecule has 4 nitrogen and oxygen atoms in total. The van der Waals surface area contributed by atoms with Crippen molar-refractivity contribution in [1.29, 1.82) is 0 Å².